The average Bonchev–Trinajstić information content (AvgIpc) is 2.68. The number of nitrogens with two attached hydrogens (primary N) is 1. The van der Waals surface area contributed by atoms with Crippen molar-refractivity contribution in [2.75, 3.05) is 12.0 Å². The van der Waals surface area contributed by atoms with Gasteiger partial charge in [0.15, 0.2) is 5.82 Å². The molecule has 5 heteroatoms. The fraction of sp³-hybridized carbons (Fsp3) is 0.200. The number of benzene rings is 1. The summed E-state index contributed by atoms with van der Waals surface area (Å²) in [5.74, 6) is 1.92. The van der Waals surface area contributed by atoms with E-state index >= 15 is 0 Å². The maximum atomic E-state index is 5.80. The van der Waals surface area contributed by atoms with Crippen LogP contribution in [0.3, 0.4) is 0 Å². The van der Waals surface area contributed by atoms with Gasteiger partial charge in [0, 0.05) is 5.69 Å². The van der Waals surface area contributed by atoms with Crippen molar-refractivity contribution in [3.8, 4) is 11.5 Å². The summed E-state index contributed by atoms with van der Waals surface area (Å²) in [6.45, 7) is 0. The van der Waals surface area contributed by atoms with E-state index in [9.17, 15) is 0 Å². The predicted octanol–water partition coefficient (Wildman–Crippen LogP) is 2.18. The molecule has 15 heavy (non-hydrogen) atoms. The van der Waals surface area contributed by atoms with E-state index in [2.05, 4.69) is 10.1 Å². The van der Waals surface area contributed by atoms with Gasteiger partial charge in [-0.2, -0.15) is 16.7 Å². The lowest BCUT2D eigenvalue weighted by molar-refractivity contribution is 0.425. The quantitative estimate of drug-likeness (QED) is 0.805. The van der Waals surface area contributed by atoms with Crippen molar-refractivity contribution in [2.24, 2.45) is 0 Å². The normalized spacial score (nSPS) is 10.5. The first-order chi connectivity index (χ1) is 7.31. The highest BCUT2D eigenvalue weighted by Gasteiger charge is 2.10. The van der Waals surface area contributed by atoms with Crippen LogP contribution in [0.2, 0.25) is 0 Å². The molecule has 0 aliphatic heterocycles. The van der Waals surface area contributed by atoms with E-state index in [1.54, 1.807) is 11.8 Å². The lowest BCUT2D eigenvalue weighted by Gasteiger charge is -1.97. The Morgan fingerprint density at radius 2 is 2.20 bits per heavy atom. The summed E-state index contributed by atoms with van der Waals surface area (Å²) in [6.07, 6.45) is 1.99. The molecule has 0 atom stereocenters. The number of hydrogen-bond acceptors (Lipinski definition) is 5. The van der Waals surface area contributed by atoms with Crippen LogP contribution < -0.4 is 5.73 Å². The van der Waals surface area contributed by atoms with Crippen molar-refractivity contribution in [2.45, 2.75) is 5.75 Å². The SMILES string of the molecule is CSCc1noc(-c2ccccc2N)n1. The van der Waals surface area contributed by atoms with Crippen LogP contribution in [0, 0.1) is 0 Å². The third-order valence-corrected chi connectivity index (χ3v) is 2.48. The summed E-state index contributed by atoms with van der Waals surface area (Å²) in [5, 5.41) is 3.86. The van der Waals surface area contributed by atoms with Crippen LogP contribution >= 0.6 is 11.8 Å². The second-order valence-electron chi connectivity index (χ2n) is 3.04. The van der Waals surface area contributed by atoms with Crippen LogP contribution in [-0.4, -0.2) is 16.4 Å². The number of anilines is 1. The van der Waals surface area contributed by atoms with E-state index in [0.29, 0.717) is 17.4 Å². The van der Waals surface area contributed by atoms with Crippen molar-refractivity contribution >= 4 is 17.4 Å². The lowest BCUT2D eigenvalue weighted by atomic mass is 10.2. The summed E-state index contributed by atoms with van der Waals surface area (Å²) < 4.78 is 5.13. The van der Waals surface area contributed by atoms with Gasteiger partial charge in [0.1, 0.15) is 0 Å². The van der Waals surface area contributed by atoms with Gasteiger partial charge in [-0.25, -0.2) is 0 Å². The summed E-state index contributed by atoms with van der Waals surface area (Å²) >= 11 is 1.65. The van der Waals surface area contributed by atoms with Gasteiger partial charge >= 0.3 is 0 Å². The zero-order chi connectivity index (χ0) is 10.7. The predicted molar refractivity (Wildman–Crippen MR) is 61.4 cm³/mol. The third-order valence-electron chi connectivity index (χ3n) is 1.93. The number of hydrogen-bond donors (Lipinski definition) is 1. The van der Waals surface area contributed by atoms with E-state index < -0.39 is 0 Å². The zero-order valence-corrected chi connectivity index (χ0v) is 9.12. The van der Waals surface area contributed by atoms with Gasteiger partial charge in [0.2, 0.25) is 0 Å². The Labute approximate surface area is 91.9 Å². The molecule has 0 radical (unpaired) electrons. The van der Waals surface area contributed by atoms with E-state index in [0.717, 1.165) is 11.3 Å². The Morgan fingerprint density at radius 1 is 1.40 bits per heavy atom. The highest BCUT2D eigenvalue weighted by Crippen LogP contribution is 2.23. The first kappa shape index (κ1) is 10.0. The highest BCUT2D eigenvalue weighted by molar-refractivity contribution is 7.97. The van der Waals surface area contributed by atoms with Gasteiger partial charge in [0.25, 0.3) is 5.89 Å². The third kappa shape index (κ3) is 2.12. The minimum absolute atomic E-state index is 0.483. The minimum Gasteiger partial charge on any atom is -0.398 e. The molecule has 1 aromatic heterocycles. The fourth-order valence-electron chi connectivity index (χ4n) is 1.24. The van der Waals surface area contributed by atoms with Crippen LogP contribution in [0.1, 0.15) is 5.82 Å². The van der Waals surface area contributed by atoms with E-state index in [-0.39, 0.29) is 0 Å². The van der Waals surface area contributed by atoms with E-state index in [1.807, 2.05) is 30.5 Å². The van der Waals surface area contributed by atoms with Crippen LogP contribution in [0.25, 0.3) is 11.5 Å². The molecule has 78 valence electrons. The minimum atomic E-state index is 0.483. The summed E-state index contributed by atoms with van der Waals surface area (Å²) in [4.78, 5) is 4.25. The highest BCUT2D eigenvalue weighted by atomic mass is 32.2. The van der Waals surface area contributed by atoms with Gasteiger partial charge in [-0.1, -0.05) is 17.3 Å². The van der Waals surface area contributed by atoms with Crippen molar-refractivity contribution in [3.05, 3.63) is 30.1 Å². The molecule has 0 bridgehead atoms. The van der Waals surface area contributed by atoms with Crippen molar-refractivity contribution in [3.63, 3.8) is 0 Å². The summed E-state index contributed by atoms with van der Waals surface area (Å²) in [5.41, 5.74) is 7.24. The Hall–Kier alpha value is -1.49. The fourth-order valence-corrected chi connectivity index (χ4v) is 1.62. The average molecular weight is 221 g/mol. The molecule has 0 spiro atoms. The van der Waals surface area contributed by atoms with Gasteiger partial charge in [-0.15, -0.1) is 0 Å². The topological polar surface area (TPSA) is 64.9 Å². The first-order valence-corrected chi connectivity index (χ1v) is 5.87. The molecular weight excluding hydrogens is 210 g/mol. The van der Waals surface area contributed by atoms with Gasteiger partial charge < -0.3 is 10.3 Å². The Kier molecular flexibility index (Phi) is 2.91. The Morgan fingerprint density at radius 3 is 2.93 bits per heavy atom. The number of thioether (sulfide) groups is 1. The smallest absolute Gasteiger partial charge is 0.260 e. The van der Waals surface area contributed by atoms with E-state index in [4.69, 9.17) is 10.3 Å². The van der Waals surface area contributed by atoms with Gasteiger partial charge in [-0.3, -0.25) is 0 Å². The molecule has 0 saturated carbocycles. The number of aromatic nitrogens is 2. The molecule has 0 amide bonds. The monoisotopic (exact) mass is 221 g/mol. The molecule has 0 aliphatic carbocycles. The van der Waals surface area contributed by atoms with Crippen LogP contribution in [0.5, 0.6) is 0 Å². The molecule has 4 nitrogen and oxygen atoms in total. The molecule has 2 rings (SSSR count). The second-order valence-corrected chi connectivity index (χ2v) is 3.90. The first-order valence-electron chi connectivity index (χ1n) is 4.47. The molecule has 0 fully saturated rings. The van der Waals surface area contributed by atoms with Crippen molar-refractivity contribution in [1.82, 2.24) is 10.1 Å². The molecule has 1 aromatic carbocycles. The van der Waals surface area contributed by atoms with Crippen LogP contribution in [0.15, 0.2) is 28.8 Å². The van der Waals surface area contributed by atoms with Crippen LogP contribution in [0.4, 0.5) is 5.69 Å². The lowest BCUT2D eigenvalue weighted by Crippen LogP contribution is -1.89. The molecule has 2 N–H and O–H groups in total. The summed E-state index contributed by atoms with van der Waals surface area (Å²) in [7, 11) is 0. The van der Waals surface area contributed by atoms with Crippen LogP contribution in [-0.2, 0) is 5.75 Å². The number of rotatable bonds is 3. The molecule has 0 aliphatic rings. The molecule has 0 saturated heterocycles. The maximum absolute atomic E-state index is 5.80. The molecule has 0 unspecified atom stereocenters. The Balaban J connectivity index is 2.33. The number of nitrogen functional groups attached to an aromatic ring is 1. The second kappa shape index (κ2) is 4.35. The number of nitrogens with zero attached hydrogens (tertiary/aromatic N) is 2. The largest absolute Gasteiger partial charge is 0.398 e. The maximum Gasteiger partial charge on any atom is 0.260 e. The van der Waals surface area contributed by atoms with Gasteiger partial charge in [0.05, 0.1) is 11.3 Å². The summed E-state index contributed by atoms with van der Waals surface area (Å²) in [6, 6.07) is 7.45. The standard InChI is InChI=1S/C10H11N3OS/c1-15-6-9-12-10(14-13-9)7-4-2-3-5-8(7)11/h2-5H,6,11H2,1H3. The van der Waals surface area contributed by atoms with Crippen molar-refractivity contribution < 1.29 is 4.52 Å². The van der Waals surface area contributed by atoms with E-state index in [1.165, 1.54) is 0 Å². The zero-order valence-electron chi connectivity index (χ0n) is 8.30. The molecular formula is C10H11N3OS. The molecule has 2 aromatic rings. The number of para-hydroxylation sites is 1. The molecule has 1 heterocycles. The van der Waals surface area contributed by atoms with Gasteiger partial charge in [-0.05, 0) is 18.4 Å². The Bertz CT molecular complexity index is 455. The van der Waals surface area contributed by atoms with Crippen molar-refractivity contribution in [1.29, 1.82) is 0 Å².